The summed E-state index contributed by atoms with van der Waals surface area (Å²) >= 11 is 0. The molecule has 8 heteroatoms. The number of amides is 1. The number of fused-ring (bicyclic) bond motifs is 1. The monoisotopic (exact) mass is 416 g/mol. The first-order valence-corrected chi connectivity index (χ1v) is 9.92. The molecule has 0 saturated carbocycles. The number of piperidine rings is 1. The Labute approximate surface area is 172 Å². The number of likely N-dealkylation sites (tertiary alicyclic amines) is 1. The van der Waals surface area contributed by atoms with Crippen molar-refractivity contribution in [2.24, 2.45) is 13.0 Å². The number of aromatic nitrogens is 2. The van der Waals surface area contributed by atoms with Crippen molar-refractivity contribution in [2.45, 2.75) is 25.6 Å². The van der Waals surface area contributed by atoms with Crippen LogP contribution in [0, 0.1) is 5.92 Å². The van der Waals surface area contributed by atoms with Crippen molar-refractivity contribution in [1.82, 2.24) is 14.5 Å². The van der Waals surface area contributed by atoms with Crippen molar-refractivity contribution in [1.29, 1.82) is 0 Å². The fraction of sp³-hybridized carbons (Fsp3) is 0.364. The van der Waals surface area contributed by atoms with Gasteiger partial charge in [-0.3, -0.25) is 9.69 Å². The van der Waals surface area contributed by atoms with Crippen LogP contribution in [0.25, 0.3) is 11.0 Å². The SMILES string of the molecule is Cn1c(CN2CCC(C(=O)Nc3ccccc3C(F)(F)F)CC2)nc2ccccc21. The number of alkyl halides is 3. The molecule has 0 spiro atoms. The second kappa shape index (κ2) is 8.10. The number of benzene rings is 2. The molecular formula is C22H23F3N4O. The van der Waals surface area contributed by atoms with Gasteiger partial charge in [-0.25, -0.2) is 4.98 Å². The lowest BCUT2D eigenvalue weighted by Gasteiger charge is -2.31. The molecule has 1 N–H and O–H groups in total. The van der Waals surface area contributed by atoms with Gasteiger partial charge in [0.1, 0.15) is 5.82 Å². The number of aryl methyl sites for hydroxylation is 1. The lowest BCUT2D eigenvalue weighted by molar-refractivity contribution is -0.137. The normalized spacial score (nSPS) is 16.1. The van der Waals surface area contributed by atoms with Crippen molar-refractivity contribution in [2.75, 3.05) is 18.4 Å². The summed E-state index contributed by atoms with van der Waals surface area (Å²) in [4.78, 5) is 19.5. The smallest absolute Gasteiger partial charge is 0.330 e. The van der Waals surface area contributed by atoms with E-state index in [1.807, 2.05) is 31.3 Å². The molecule has 3 aromatic rings. The number of carbonyl (C=O) groups excluding carboxylic acids is 1. The molecular weight excluding hydrogens is 393 g/mol. The van der Waals surface area contributed by atoms with E-state index in [9.17, 15) is 18.0 Å². The highest BCUT2D eigenvalue weighted by molar-refractivity contribution is 5.93. The number of halogens is 3. The lowest BCUT2D eigenvalue weighted by Crippen LogP contribution is -2.38. The number of para-hydroxylation sites is 3. The molecule has 1 fully saturated rings. The Kier molecular flexibility index (Phi) is 5.51. The molecule has 2 heterocycles. The fourth-order valence-electron chi connectivity index (χ4n) is 3.96. The average molecular weight is 416 g/mol. The number of nitrogens with zero attached hydrogens (tertiary/aromatic N) is 3. The maximum atomic E-state index is 13.1. The minimum atomic E-state index is -4.50. The minimum Gasteiger partial charge on any atom is -0.330 e. The van der Waals surface area contributed by atoms with Crippen LogP contribution in [-0.2, 0) is 24.6 Å². The van der Waals surface area contributed by atoms with Crippen LogP contribution < -0.4 is 5.32 Å². The van der Waals surface area contributed by atoms with Crippen molar-refractivity contribution in [3.8, 4) is 0 Å². The van der Waals surface area contributed by atoms with Crippen LogP contribution >= 0.6 is 0 Å². The van der Waals surface area contributed by atoms with E-state index in [0.717, 1.165) is 22.9 Å². The van der Waals surface area contributed by atoms with Gasteiger partial charge in [-0.2, -0.15) is 13.2 Å². The Balaban J connectivity index is 1.37. The molecule has 4 rings (SSSR count). The zero-order valence-electron chi connectivity index (χ0n) is 16.6. The topological polar surface area (TPSA) is 50.2 Å². The molecule has 1 aliphatic rings. The first kappa shape index (κ1) is 20.4. The van der Waals surface area contributed by atoms with Crippen molar-refractivity contribution in [3.63, 3.8) is 0 Å². The molecule has 0 unspecified atom stereocenters. The number of rotatable bonds is 4. The maximum Gasteiger partial charge on any atom is 0.418 e. The van der Waals surface area contributed by atoms with E-state index >= 15 is 0 Å². The van der Waals surface area contributed by atoms with E-state index < -0.39 is 11.7 Å². The summed E-state index contributed by atoms with van der Waals surface area (Å²) in [6.45, 7) is 2.07. The molecule has 2 aromatic carbocycles. The van der Waals surface area contributed by atoms with E-state index in [1.165, 1.54) is 18.2 Å². The molecule has 0 atom stereocenters. The van der Waals surface area contributed by atoms with Crippen LogP contribution in [0.1, 0.15) is 24.2 Å². The van der Waals surface area contributed by atoms with Gasteiger partial charge >= 0.3 is 6.18 Å². The Hall–Kier alpha value is -2.87. The predicted octanol–water partition coefficient (Wildman–Crippen LogP) is 4.44. The molecule has 158 valence electrons. The Morgan fingerprint density at radius 3 is 2.47 bits per heavy atom. The van der Waals surface area contributed by atoms with Gasteiger partial charge in [-0.1, -0.05) is 24.3 Å². The summed E-state index contributed by atoms with van der Waals surface area (Å²) in [5.74, 6) is 0.301. The van der Waals surface area contributed by atoms with Gasteiger partial charge in [-0.05, 0) is 50.2 Å². The third-order valence-corrected chi connectivity index (χ3v) is 5.69. The Morgan fingerprint density at radius 2 is 1.77 bits per heavy atom. The Morgan fingerprint density at radius 1 is 1.10 bits per heavy atom. The largest absolute Gasteiger partial charge is 0.418 e. The highest BCUT2D eigenvalue weighted by Gasteiger charge is 2.34. The molecule has 1 amide bonds. The van der Waals surface area contributed by atoms with E-state index in [0.29, 0.717) is 32.5 Å². The highest BCUT2D eigenvalue weighted by atomic mass is 19.4. The summed E-state index contributed by atoms with van der Waals surface area (Å²) in [5, 5.41) is 2.48. The van der Waals surface area contributed by atoms with Gasteiger partial charge in [0.2, 0.25) is 5.91 Å². The number of hydrogen-bond donors (Lipinski definition) is 1. The van der Waals surface area contributed by atoms with Crippen LogP contribution in [0.5, 0.6) is 0 Å². The molecule has 0 aliphatic carbocycles. The third kappa shape index (κ3) is 4.18. The Bertz CT molecular complexity index is 1050. The first-order chi connectivity index (χ1) is 14.3. The number of hydrogen-bond acceptors (Lipinski definition) is 3. The number of imidazole rings is 1. The summed E-state index contributed by atoms with van der Waals surface area (Å²) in [6, 6.07) is 13.0. The van der Waals surface area contributed by atoms with Gasteiger partial charge in [0, 0.05) is 13.0 Å². The third-order valence-electron chi connectivity index (χ3n) is 5.69. The van der Waals surface area contributed by atoms with Crippen LogP contribution in [-0.4, -0.2) is 33.4 Å². The van der Waals surface area contributed by atoms with Crippen molar-refractivity contribution < 1.29 is 18.0 Å². The summed E-state index contributed by atoms with van der Waals surface area (Å²) in [7, 11) is 1.99. The molecule has 5 nitrogen and oxygen atoms in total. The molecule has 0 radical (unpaired) electrons. The van der Waals surface area contributed by atoms with Gasteiger partial charge < -0.3 is 9.88 Å². The number of anilines is 1. The zero-order chi connectivity index (χ0) is 21.3. The quantitative estimate of drug-likeness (QED) is 0.684. The minimum absolute atomic E-state index is 0.183. The second-order valence-electron chi connectivity index (χ2n) is 7.66. The second-order valence-corrected chi connectivity index (χ2v) is 7.66. The molecule has 1 aromatic heterocycles. The van der Waals surface area contributed by atoms with Crippen LogP contribution in [0.2, 0.25) is 0 Å². The number of nitrogens with one attached hydrogen (secondary N) is 1. The summed E-state index contributed by atoms with van der Waals surface area (Å²) in [6.07, 6.45) is -3.30. The summed E-state index contributed by atoms with van der Waals surface area (Å²) < 4.78 is 41.5. The van der Waals surface area contributed by atoms with E-state index in [-0.39, 0.29) is 17.5 Å². The van der Waals surface area contributed by atoms with Crippen molar-refractivity contribution >= 4 is 22.6 Å². The zero-order valence-corrected chi connectivity index (χ0v) is 16.6. The molecule has 1 aliphatic heterocycles. The lowest BCUT2D eigenvalue weighted by atomic mass is 9.95. The highest BCUT2D eigenvalue weighted by Crippen LogP contribution is 2.35. The van der Waals surface area contributed by atoms with E-state index in [4.69, 9.17) is 0 Å². The maximum absolute atomic E-state index is 13.1. The van der Waals surface area contributed by atoms with Crippen LogP contribution in [0.4, 0.5) is 18.9 Å². The molecule has 1 saturated heterocycles. The summed E-state index contributed by atoms with van der Waals surface area (Å²) in [5.41, 5.74) is 1.02. The average Bonchev–Trinajstić information content (AvgIpc) is 3.04. The van der Waals surface area contributed by atoms with Gasteiger partial charge in [-0.15, -0.1) is 0 Å². The van der Waals surface area contributed by atoms with E-state index in [1.54, 1.807) is 0 Å². The standard InChI is InChI=1S/C22H23F3N4O/c1-28-19-9-5-4-8-18(19)26-20(28)14-29-12-10-15(11-13-29)21(30)27-17-7-3-2-6-16(17)22(23,24)25/h2-9,15H,10-14H2,1H3,(H,27,30). The predicted molar refractivity (Wildman–Crippen MR) is 109 cm³/mol. The van der Waals surface area contributed by atoms with Crippen molar-refractivity contribution in [3.05, 3.63) is 59.9 Å². The first-order valence-electron chi connectivity index (χ1n) is 9.92. The molecule has 0 bridgehead atoms. The number of carbonyl (C=O) groups is 1. The van der Waals surface area contributed by atoms with Gasteiger partial charge in [0.15, 0.2) is 0 Å². The molecule has 30 heavy (non-hydrogen) atoms. The van der Waals surface area contributed by atoms with Gasteiger partial charge in [0.05, 0.1) is 28.8 Å². The van der Waals surface area contributed by atoms with Gasteiger partial charge in [0.25, 0.3) is 0 Å². The van der Waals surface area contributed by atoms with Crippen LogP contribution in [0.3, 0.4) is 0 Å². The fourth-order valence-corrected chi connectivity index (χ4v) is 3.96. The van der Waals surface area contributed by atoms with Crippen LogP contribution in [0.15, 0.2) is 48.5 Å². The van der Waals surface area contributed by atoms with E-state index in [2.05, 4.69) is 19.8 Å².